The molecule has 0 aliphatic rings. The number of nitrogens with one attached hydrogen (secondary N) is 2. The van der Waals surface area contributed by atoms with E-state index in [1.807, 2.05) is 0 Å². The molecule has 0 saturated carbocycles. The van der Waals surface area contributed by atoms with Crippen molar-refractivity contribution in [2.45, 2.75) is 18.8 Å². The molecule has 3 heteroatoms. The van der Waals surface area contributed by atoms with Crippen LogP contribution in [-0.4, -0.2) is 24.6 Å². The maximum absolute atomic E-state index is 3.47. The van der Waals surface area contributed by atoms with E-state index in [-0.39, 0.29) is 0 Å². The van der Waals surface area contributed by atoms with Gasteiger partial charge in [0, 0.05) is 6.54 Å². The molecule has 0 rings (SSSR count). The minimum absolute atomic E-state index is 0.419. The summed E-state index contributed by atoms with van der Waals surface area (Å²) in [4.78, 5) is 0.419. The summed E-state index contributed by atoms with van der Waals surface area (Å²) in [5.41, 5.74) is 0. The van der Waals surface area contributed by atoms with Gasteiger partial charge in [0.1, 0.15) is 0 Å². The quantitative estimate of drug-likeness (QED) is 0.503. The molecule has 1 unspecified atom stereocenters. The number of hydrogen-bond acceptors (Lipinski definition) is 2. The van der Waals surface area contributed by atoms with Crippen molar-refractivity contribution in [2.24, 2.45) is 0 Å². The lowest BCUT2D eigenvalue weighted by Gasteiger charge is -2.09. The highest BCUT2D eigenvalue weighted by molar-refractivity contribution is 9.09. The van der Waals surface area contributed by atoms with E-state index in [0.717, 1.165) is 19.6 Å². The van der Waals surface area contributed by atoms with Crippen LogP contribution >= 0.6 is 15.9 Å². The molecule has 0 aliphatic carbocycles. The van der Waals surface area contributed by atoms with Crippen molar-refractivity contribution in [1.82, 2.24) is 10.6 Å². The maximum atomic E-state index is 3.47. The lowest BCUT2D eigenvalue weighted by Crippen LogP contribution is -2.33. The molecule has 0 aromatic carbocycles. The van der Waals surface area contributed by atoms with E-state index >= 15 is 0 Å². The van der Waals surface area contributed by atoms with E-state index in [2.05, 4.69) is 40.4 Å². The summed E-state index contributed by atoms with van der Waals surface area (Å²) in [6.07, 6.45) is 0. The molecule has 0 bridgehead atoms. The van der Waals surface area contributed by atoms with Crippen LogP contribution in [-0.2, 0) is 0 Å². The molecule has 56 valence electrons. The molecule has 0 aliphatic heterocycles. The van der Waals surface area contributed by atoms with Crippen molar-refractivity contribution in [3.8, 4) is 0 Å². The van der Waals surface area contributed by atoms with Gasteiger partial charge in [0.05, 0.1) is 4.95 Å². The van der Waals surface area contributed by atoms with Crippen LogP contribution in [0.4, 0.5) is 0 Å². The molecule has 0 radical (unpaired) electrons. The zero-order valence-corrected chi connectivity index (χ0v) is 7.66. The Hall–Kier alpha value is 0.400. The predicted octanol–water partition coefficient (Wildman–Crippen LogP) is 0.926. The SMILES string of the molecule is CCNCC(Br)NCC. The van der Waals surface area contributed by atoms with Crippen molar-refractivity contribution in [2.75, 3.05) is 19.6 Å². The third kappa shape index (κ3) is 6.28. The Bertz CT molecular complexity index is 59.0. The van der Waals surface area contributed by atoms with Gasteiger partial charge in [-0.05, 0) is 13.1 Å². The largest absolute Gasteiger partial charge is 0.315 e. The summed E-state index contributed by atoms with van der Waals surface area (Å²) in [6.45, 7) is 7.24. The van der Waals surface area contributed by atoms with Crippen molar-refractivity contribution >= 4 is 15.9 Å². The zero-order valence-electron chi connectivity index (χ0n) is 6.08. The lowest BCUT2D eigenvalue weighted by molar-refractivity contribution is 0.615. The first-order valence-electron chi connectivity index (χ1n) is 3.39. The number of rotatable bonds is 5. The summed E-state index contributed by atoms with van der Waals surface area (Å²) in [5.74, 6) is 0. The Labute approximate surface area is 65.5 Å². The van der Waals surface area contributed by atoms with Gasteiger partial charge in [0.15, 0.2) is 0 Å². The molecule has 2 nitrogen and oxygen atoms in total. The normalized spacial score (nSPS) is 13.7. The second-order valence-electron chi connectivity index (χ2n) is 1.83. The highest BCUT2D eigenvalue weighted by Gasteiger charge is 1.96. The topological polar surface area (TPSA) is 24.1 Å². The summed E-state index contributed by atoms with van der Waals surface area (Å²) >= 11 is 3.47. The molecule has 2 N–H and O–H groups in total. The van der Waals surface area contributed by atoms with Crippen molar-refractivity contribution in [3.05, 3.63) is 0 Å². The Balaban J connectivity index is 2.95. The van der Waals surface area contributed by atoms with E-state index < -0.39 is 0 Å². The van der Waals surface area contributed by atoms with Crippen molar-refractivity contribution in [3.63, 3.8) is 0 Å². The smallest absolute Gasteiger partial charge is 0.0756 e. The fourth-order valence-corrected chi connectivity index (χ4v) is 1.12. The van der Waals surface area contributed by atoms with Crippen LogP contribution < -0.4 is 10.6 Å². The van der Waals surface area contributed by atoms with Gasteiger partial charge in [-0.3, -0.25) is 0 Å². The maximum Gasteiger partial charge on any atom is 0.0756 e. The van der Waals surface area contributed by atoms with E-state index in [1.54, 1.807) is 0 Å². The van der Waals surface area contributed by atoms with E-state index in [4.69, 9.17) is 0 Å². The van der Waals surface area contributed by atoms with Gasteiger partial charge >= 0.3 is 0 Å². The highest BCUT2D eigenvalue weighted by Crippen LogP contribution is 1.90. The Morgan fingerprint density at radius 1 is 1.33 bits per heavy atom. The molecule has 0 spiro atoms. The Morgan fingerprint density at radius 3 is 2.44 bits per heavy atom. The second kappa shape index (κ2) is 6.52. The van der Waals surface area contributed by atoms with E-state index in [1.165, 1.54) is 0 Å². The Morgan fingerprint density at radius 2 is 2.00 bits per heavy atom. The van der Waals surface area contributed by atoms with Crippen molar-refractivity contribution < 1.29 is 0 Å². The van der Waals surface area contributed by atoms with Crippen LogP contribution in [0.15, 0.2) is 0 Å². The zero-order chi connectivity index (χ0) is 7.11. The Kier molecular flexibility index (Phi) is 6.81. The number of likely N-dealkylation sites (N-methyl/N-ethyl adjacent to an activating group) is 2. The first-order chi connectivity index (χ1) is 4.31. The highest BCUT2D eigenvalue weighted by atomic mass is 79.9. The minimum atomic E-state index is 0.419. The third-order valence-electron chi connectivity index (χ3n) is 0.999. The molecule has 0 saturated heterocycles. The average molecular weight is 195 g/mol. The van der Waals surface area contributed by atoms with Crippen molar-refractivity contribution in [1.29, 1.82) is 0 Å². The van der Waals surface area contributed by atoms with Crippen LogP contribution in [0.1, 0.15) is 13.8 Å². The summed E-state index contributed by atoms with van der Waals surface area (Å²) < 4.78 is 0. The lowest BCUT2D eigenvalue weighted by atomic mass is 10.5. The minimum Gasteiger partial charge on any atom is -0.315 e. The molecule has 1 atom stereocenters. The van der Waals surface area contributed by atoms with Gasteiger partial charge in [-0.15, -0.1) is 0 Å². The summed E-state index contributed by atoms with van der Waals surface area (Å²) in [6, 6.07) is 0. The van der Waals surface area contributed by atoms with Gasteiger partial charge in [0.25, 0.3) is 0 Å². The van der Waals surface area contributed by atoms with Gasteiger partial charge in [0.2, 0.25) is 0 Å². The van der Waals surface area contributed by atoms with Gasteiger partial charge < -0.3 is 10.6 Å². The number of halogens is 1. The van der Waals surface area contributed by atoms with Crippen LogP contribution in [0, 0.1) is 0 Å². The molecule has 0 amide bonds. The van der Waals surface area contributed by atoms with E-state index in [0.29, 0.717) is 4.95 Å². The van der Waals surface area contributed by atoms with Gasteiger partial charge in [-0.2, -0.15) is 0 Å². The van der Waals surface area contributed by atoms with Crippen LogP contribution in [0.5, 0.6) is 0 Å². The first kappa shape index (κ1) is 9.40. The van der Waals surface area contributed by atoms with Crippen LogP contribution in [0.3, 0.4) is 0 Å². The molecular weight excluding hydrogens is 180 g/mol. The fraction of sp³-hybridized carbons (Fsp3) is 1.00. The van der Waals surface area contributed by atoms with Gasteiger partial charge in [-0.25, -0.2) is 0 Å². The average Bonchev–Trinajstić information content (AvgIpc) is 1.85. The molecule has 0 fully saturated rings. The third-order valence-corrected chi connectivity index (χ3v) is 1.65. The van der Waals surface area contributed by atoms with Gasteiger partial charge in [-0.1, -0.05) is 29.8 Å². The molecule has 9 heavy (non-hydrogen) atoms. The van der Waals surface area contributed by atoms with Crippen LogP contribution in [0.25, 0.3) is 0 Å². The monoisotopic (exact) mass is 194 g/mol. The summed E-state index contributed by atoms with van der Waals surface area (Å²) in [5, 5.41) is 6.46. The predicted molar refractivity (Wildman–Crippen MR) is 44.9 cm³/mol. The number of alkyl halides is 1. The van der Waals surface area contributed by atoms with Crippen LogP contribution in [0.2, 0.25) is 0 Å². The first-order valence-corrected chi connectivity index (χ1v) is 4.31. The standard InChI is InChI=1S/C6H15BrN2/c1-3-8-5-6(7)9-4-2/h6,8-9H,3-5H2,1-2H3. The summed E-state index contributed by atoms with van der Waals surface area (Å²) in [7, 11) is 0. The fourth-order valence-electron chi connectivity index (χ4n) is 0.565. The number of hydrogen-bond donors (Lipinski definition) is 2. The molecule has 0 aromatic heterocycles. The molecule has 0 heterocycles. The second-order valence-corrected chi connectivity index (χ2v) is 2.94. The molecule has 0 aromatic rings. The molecular formula is C6H15BrN2. The van der Waals surface area contributed by atoms with E-state index in [9.17, 15) is 0 Å².